The lowest BCUT2D eigenvalue weighted by Crippen LogP contribution is -2.39. The van der Waals surface area contributed by atoms with Crippen LogP contribution in [0.5, 0.6) is 0 Å². The number of hydrogen-bond acceptors (Lipinski definition) is 2. The average Bonchev–Trinajstić information content (AvgIpc) is 2.13. The molecule has 0 spiro atoms. The predicted octanol–water partition coefficient (Wildman–Crippen LogP) is -0.109. The normalized spacial score (nSPS) is 31.3. The fraction of sp³-hybridized carbons (Fsp3) is 0.833. The molecule has 0 aromatic rings. The van der Waals surface area contributed by atoms with Crippen LogP contribution in [0.3, 0.4) is 0 Å². The third kappa shape index (κ3) is 1.85. The van der Waals surface area contributed by atoms with Crippen molar-refractivity contribution in [2.45, 2.75) is 19.4 Å². The van der Waals surface area contributed by atoms with Gasteiger partial charge in [-0.2, -0.15) is 0 Å². The van der Waals surface area contributed by atoms with Gasteiger partial charge in [0.25, 0.3) is 0 Å². The number of halogens is 1. The zero-order chi connectivity index (χ0) is 6.85. The zero-order valence-electron chi connectivity index (χ0n) is 5.96. The number of carbonyl (C=O) groups excluding carboxylic acids is 1. The molecule has 60 valence electrons. The number of amides is 1. The summed E-state index contributed by atoms with van der Waals surface area (Å²) in [6.45, 7) is 2.96. The van der Waals surface area contributed by atoms with Crippen molar-refractivity contribution in [3.63, 3.8) is 0 Å². The Bertz CT molecular complexity index is 129. The summed E-state index contributed by atoms with van der Waals surface area (Å²) in [6, 6.07) is -0.0787. The van der Waals surface area contributed by atoms with Gasteiger partial charge in [0, 0.05) is 0 Å². The number of primary amides is 1. The maximum Gasteiger partial charge on any atom is 0.234 e. The standard InChI is InChI=1S/C6H12N2O.ClH/c1-4-2-3-8-5(4)6(7)9;/h4-5,8H,2-3H2,1H3,(H2,7,9);1H. The molecule has 0 aromatic carbocycles. The highest BCUT2D eigenvalue weighted by molar-refractivity contribution is 5.85. The van der Waals surface area contributed by atoms with Crippen molar-refractivity contribution >= 4 is 18.3 Å². The lowest BCUT2D eigenvalue weighted by Gasteiger charge is -2.09. The second-order valence-electron chi connectivity index (χ2n) is 2.60. The molecule has 2 unspecified atom stereocenters. The first-order valence-corrected chi connectivity index (χ1v) is 3.24. The van der Waals surface area contributed by atoms with Crippen molar-refractivity contribution in [1.29, 1.82) is 0 Å². The number of hydrogen-bond donors (Lipinski definition) is 2. The molecule has 3 nitrogen and oxygen atoms in total. The van der Waals surface area contributed by atoms with Gasteiger partial charge in [-0.15, -0.1) is 12.4 Å². The van der Waals surface area contributed by atoms with E-state index in [9.17, 15) is 4.79 Å². The second kappa shape index (κ2) is 3.78. The van der Waals surface area contributed by atoms with Crippen LogP contribution in [0.2, 0.25) is 0 Å². The van der Waals surface area contributed by atoms with Gasteiger partial charge in [0.05, 0.1) is 6.04 Å². The highest BCUT2D eigenvalue weighted by atomic mass is 35.5. The van der Waals surface area contributed by atoms with E-state index in [0.717, 1.165) is 13.0 Å². The van der Waals surface area contributed by atoms with Crippen LogP contribution in [-0.4, -0.2) is 18.5 Å². The summed E-state index contributed by atoms with van der Waals surface area (Å²) in [4.78, 5) is 10.6. The summed E-state index contributed by atoms with van der Waals surface area (Å²) < 4.78 is 0. The Kier molecular flexibility index (Phi) is 3.68. The lowest BCUT2D eigenvalue weighted by atomic mass is 10.0. The van der Waals surface area contributed by atoms with Crippen molar-refractivity contribution in [3.05, 3.63) is 0 Å². The molecule has 0 bridgehead atoms. The van der Waals surface area contributed by atoms with Crippen molar-refractivity contribution in [2.75, 3.05) is 6.54 Å². The number of nitrogens with one attached hydrogen (secondary N) is 1. The van der Waals surface area contributed by atoms with E-state index >= 15 is 0 Å². The molecular weight excluding hydrogens is 152 g/mol. The molecule has 0 aliphatic carbocycles. The van der Waals surface area contributed by atoms with Gasteiger partial charge in [-0.05, 0) is 18.9 Å². The Morgan fingerprint density at radius 1 is 1.70 bits per heavy atom. The molecule has 1 aliphatic heterocycles. The summed E-state index contributed by atoms with van der Waals surface area (Å²) in [5, 5.41) is 3.03. The SMILES string of the molecule is CC1CCNC1C(N)=O.Cl. The minimum atomic E-state index is -0.222. The first-order chi connectivity index (χ1) is 4.22. The predicted molar refractivity (Wildman–Crippen MR) is 42.0 cm³/mol. The highest BCUT2D eigenvalue weighted by Gasteiger charge is 2.26. The molecule has 0 aromatic heterocycles. The molecule has 3 N–H and O–H groups in total. The molecule has 10 heavy (non-hydrogen) atoms. The molecular formula is C6H13ClN2O. The molecule has 2 atom stereocenters. The third-order valence-electron chi connectivity index (χ3n) is 1.84. The van der Waals surface area contributed by atoms with Crippen molar-refractivity contribution in [2.24, 2.45) is 11.7 Å². The summed E-state index contributed by atoms with van der Waals surface area (Å²) in [5.74, 6) is 0.197. The Morgan fingerprint density at radius 3 is 2.50 bits per heavy atom. The molecule has 1 saturated heterocycles. The quantitative estimate of drug-likeness (QED) is 0.569. The van der Waals surface area contributed by atoms with Gasteiger partial charge in [0.15, 0.2) is 0 Å². The van der Waals surface area contributed by atoms with E-state index in [2.05, 4.69) is 5.32 Å². The van der Waals surface area contributed by atoms with Gasteiger partial charge in [0.2, 0.25) is 5.91 Å². The first-order valence-electron chi connectivity index (χ1n) is 3.24. The van der Waals surface area contributed by atoms with E-state index in [1.165, 1.54) is 0 Å². The molecule has 1 aliphatic rings. The van der Waals surface area contributed by atoms with E-state index in [1.54, 1.807) is 0 Å². The Hall–Kier alpha value is -0.280. The van der Waals surface area contributed by atoms with Crippen LogP contribution >= 0.6 is 12.4 Å². The monoisotopic (exact) mass is 164 g/mol. The minimum absolute atomic E-state index is 0. The van der Waals surface area contributed by atoms with E-state index in [0.29, 0.717) is 5.92 Å². The zero-order valence-corrected chi connectivity index (χ0v) is 6.78. The molecule has 1 fully saturated rings. The highest BCUT2D eigenvalue weighted by Crippen LogP contribution is 2.12. The second-order valence-corrected chi connectivity index (χ2v) is 2.60. The summed E-state index contributed by atoms with van der Waals surface area (Å²) in [7, 11) is 0. The minimum Gasteiger partial charge on any atom is -0.368 e. The topological polar surface area (TPSA) is 55.1 Å². The average molecular weight is 165 g/mol. The number of nitrogens with two attached hydrogens (primary N) is 1. The Morgan fingerprint density at radius 2 is 2.30 bits per heavy atom. The molecule has 0 radical (unpaired) electrons. The van der Waals surface area contributed by atoms with Gasteiger partial charge in [-0.25, -0.2) is 0 Å². The van der Waals surface area contributed by atoms with E-state index < -0.39 is 0 Å². The van der Waals surface area contributed by atoms with E-state index in [-0.39, 0.29) is 24.4 Å². The molecule has 1 rings (SSSR count). The van der Waals surface area contributed by atoms with Gasteiger partial charge in [-0.3, -0.25) is 4.79 Å². The van der Waals surface area contributed by atoms with Crippen molar-refractivity contribution < 1.29 is 4.79 Å². The van der Waals surface area contributed by atoms with Crippen molar-refractivity contribution in [1.82, 2.24) is 5.32 Å². The molecule has 1 amide bonds. The van der Waals surface area contributed by atoms with Crippen molar-refractivity contribution in [3.8, 4) is 0 Å². The fourth-order valence-electron chi connectivity index (χ4n) is 1.22. The largest absolute Gasteiger partial charge is 0.368 e. The Balaban J connectivity index is 0.000000810. The number of carbonyl (C=O) groups is 1. The van der Waals surface area contributed by atoms with Crippen LogP contribution in [0, 0.1) is 5.92 Å². The van der Waals surface area contributed by atoms with Gasteiger partial charge in [-0.1, -0.05) is 6.92 Å². The first kappa shape index (κ1) is 9.72. The summed E-state index contributed by atoms with van der Waals surface area (Å²) in [5.41, 5.74) is 5.09. The maximum atomic E-state index is 10.6. The maximum absolute atomic E-state index is 10.6. The van der Waals surface area contributed by atoms with Crippen LogP contribution in [0.25, 0.3) is 0 Å². The van der Waals surface area contributed by atoms with Gasteiger partial charge in [0.1, 0.15) is 0 Å². The molecule has 0 saturated carbocycles. The molecule has 1 heterocycles. The number of rotatable bonds is 1. The van der Waals surface area contributed by atoms with Crippen LogP contribution < -0.4 is 11.1 Å². The van der Waals surface area contributed by atoms with E-state index in [4.69, 9.17) is 5.73 Å². The Labute approximate surface area is 66.8 Å². The summed E-state index contributed by atoms with van der Waals surface area (Å²) in [6.07, 6.45) is 1.06. The lowest BCUT2D eigenvalue weighted by molar-refractivity contribution is -0.120. The summed E-state index contributed by atoms with van der Waals surface area (Å²) >= 11 is 0. The van der Waals surface area contributed by atoms with Crippen LogP contribution in [0.15, 0.2) is 0 Å². The van der Waals surface area contributed by atoms with Gasteiger partial charge < -0.3 is 11.1 Å². The van der Waals surface area contributed by atoms with Crippen LogP contribution in [0.1, 0.15) is 13.3 Å². The smallest absolute Gasteiger partial charge is 0.234 e. The third-order valence-corrected chi connectivity index (χ3v) is 1.84. The fourth-order valence-corrected chi connectivity index (χ4v) is 1.22. The van der Waals surface area contributed by atoms with Gasteiger partial charge >= 0.3 is 0 Å². The van der Waals surface area contributed by atoms with E-state index in [1.807, 2.05) is 6.92 Å². The molecule has 4 heteroatoms. The van der Waals surface area contributed by atoms with Crippen LogP contribution in [-0.2, 0) is 4.79 Å². The van der Waals surface area contributed by atoms with Crippen LogP contribution in [0.4, 0.5) is 0 Å².